The summed E-state index contributed by atoms with van der Waals surface area (Å²) in [6, 6.07) is 15.7. The van der Waals surface area contributed by atoms with E-state index in [0.717, 1.165) is 17.7 Å². The van der Waals surface area contributed by atoms with E-state index in [1.54, 1.807) is 11.0 Å². The summed E-state index contributed by atoms with van der Waals surface area (Å²) in [7, 11) is 0. The van der Waals surface area contributed by atoms with E-state index in [4.69, 9.17) is 5.11 Å². The number of benzene rings is 2. The van der Waals surface area contributed by atoms with Crippen molar-refractivity contribution in [3.05, 3.63) is 65.2 Å². The molecule has 5 heteroatoms. The van der Waals surface area contributed by atoms with Gasteiger partial charge in [-0.05, 0) is 42.7 Å². The van der Waals surface area contributed by atoms with Gasteiger partial charge < -0.3 is 15.3 Å². The summed E-state index contributed by atoms with van der Waals surface area (Å²) in [5, 5.41) is 12.3. The number of hydrogen-bond acceptors (Lipinski definition) is 3. The van der Waals surface area contributed by atoms with Gasteiger partial charge in [-0.3, -0.25) is 9.59 Å². The maximum atomic E-state index is 12.6. The zero-order valence-corrected chi connectivity index (χ0v) is 15.4. The summed E-state index contributed by atoms with van der Waals surface area (Å²) in [6.07, 6.45) is 0.908. The summed E-state index contributed by atoms with van der Waals surface area (Å²) >= 11 is 0. The average Bonchev–Trinajstić information content (AvgIpc) is 2.67. The van der Waals surface area contributed by atoms with Crippen molar-refractivity contribution in [2.24, 2.45) is 0 Å². The maximum absolute atomic E-state index is 12.6. The molecular formula is C21H26N2O3. The lowest BCUT2D eigenvalue weighted by Crippen LogP contribution is -2.32. The van der Waals surface area contributed by atoms with Gasteiger partial charge in [0.05, 0.1) is 6.42 Å². The molecule has 0 fully saturated rings. The number of aryl methyl sites for hydroxylation is 1. The maximum Gasteiger partial charge on any atom is 0.305 e. The summed E-state index contributed by atoms with van der Waals surface area (Å²) < 4.78 is 0. The van der Waals surface area contributed by atoms with Gasteiger partial charge in [-0.1, -0.05) is 37.3 Å². The van der Waals surface area contributed by atoms with Crippen LogP contribution in [0, 0.1) is 0 Å². The molecule has 0 saturated carbocycles. The fourth-order valence-corrected chi connectivity index (χ4v) is 2.83. The Morgan fingerprint density at radius 3 is 2.54 bits per heavy atom. The summed E-state index contributed by atoms with van der Waals surface area (Å²) in [4.78, 5) is 24.9. The van der Waals surface area contributed by atoms with E-state index in [2.05, 4.69) is 24.4 Å². The second kappa shape index (κ2) is 9.61. The van der Waals surface area contributed by atoms with E-state index in [1.807, 2.05) is 37.3 Å². The molecule has 26 heavy (non-hydrogen) atoms. The van der Waals surface area contributed by atoms with Crippen molar-refractivity contribution in [1.29, 1.82) is 0 Å². The van der Waals surface area contributed by atoms with Crippen LogP contribution < -0.4 is 5.32 Å². The van der Waals surface area contributed by atoms with Gasteiger partial charge in [0.2, 0.25) is 0 Å². The largest absolute Gasteiger partial charge is 0.481 e. The summed E-state index contributed by atoms with van der Waals surface area (Å²) in [5.41, 5.74) is 3.95. The third kappa shape index (κ3) is 5.34. The molecule has 0 bridgehead atoms. The van der Waals surface area contributed by atoms with Crippen LogP contribution in [0.5, 0.6) is 0 Å². The third-order valence-corrected chi connectivity index (χ3v) is 4.32. The Hall–Kier alpha value is -2.82. The van der Waals surface area contributed by atoms with Gasteiger partial charge in [-0.15, -0.1) is 0 Å². The van der Waals surface area contributed by atoms with Crippen LogP contribution in [0.1, 0.15) is 41.8 Å². The minimum atomic E-state index is -0.899. The van der Waals surface area contributed by atoms with E-state index in [-0.39, 0.29) is 18.9 Å². The highest BCUT2D eigenvalue weighted by Gasteiger charge is 2.15. The summed E-state index contributed by atoms with van der Waals surface area (Å²) in [5.74, 6) is -1.03. The zero-order valence-electron chi connectivity index (χ0n) is 15.4. The molecule has 0 atom stereocenters. The van der Waals surface area contributed by atoms with E-state index in [1.165, 1.54) is 5.56 Å². The lowest BCUT2D eigenvalue weighted by Gasteiger charge is -2.20. The molecule has 5 nitrogen and oxygen atoms in total. The number of nitrogens with one attached hydrogen (secondary N) is 1. The van der Waals surface area contributed by atoms with Crippen molar-refractivity contribution < 1.29 is 14.7 Å². The molecule has 2 rings (SSSR count). The highest BCUT2D eigenvalue weighted by molar-refractivity contribution is 5.94. The standard InChI is InChI=1S/C21H26N2O3/c1-3-17-9-5-6-11-19(17)22-15-16-8-7-10-18(14-16)21(26)23(4-2)13-12-20(24)25/h5-11,14,22H,3-4,12-13,15H2,1-2H3,(H,24,25). The van der Waals surface area contributed by atoms with Crippen molar-refractivity contribution in [3.8, 4) is 0 Å². The minimum absolute atomic E-state index is 0.0470. The molecule has 0 heterocycles. The number of carboxylic acid groups (broad SMARTS) is 1. The van der Waals surface area contributed by atoms with Crippen molar-refractivity contribution in [2.75, 3.05) is 18.4 Å². The smallest absolute Gasteiger partial charge is 0.305 e. The number of aliphatic carboxylic acids is 1. The second-order valence-electron chi connectivity index (χ2n) is 6.09. The first-order chi connectivity index (χ1) is 12.5. The van der Waals surface area contributed by atoms with Gasteiger partial charge >= 0.3 is 5.97 Å². The lowest BCUT2D eigenvalue weighted by molar-refractivity contribution is -0.137. The molecule has 0 spiro atoms. The van der Waals surface area contributed by atoms with Crippen LogP contribution in [0.2, 0.25) is 0 Å². The molecule has 0 unspecified atom stereocenters. The number of hydrogen-bond donors (Lipinski definition) is 2. The number of carboxylic acids is 1. The van der Waals surface area contributed by atoms with Gasteiger partial charge in [0.25, 0.3) is 5.91 Å². The Kier molecular flexibility index (Phi) is 7.21. The van der Waals surface area contributed by atoms with Crippen molar-refractivity contribution in [3.63, 3.8) is 0 Å². The van der Waals surface area contributed by atoms with Gasteiger partial charge in [-0.25, -0.2) is 0 Å². The van der Waals surface area contributed by atoms with E-state index in [0.29, 0.717) is 18.7 Å². The molecule has 0 aromatic heterocycles. The first-order valence-corrected chi connectivity index (χ1v) is 8.97. The second-order valence-corrected chi connectivity index (χ2v) is 6.09. The number of anilines is 1. The van der Waals surface area contributed by atoms with Gasteiger partial charge in [0, 0.05) is 30.9 Å². The number of carbonyl (C=O) groups excluding carboxylic acids is 1. The average molecular weight is 354 g/mol. The van der Waals surface area contributed by atoms with Crippen molar-refractivity contribution in [2.45, 2.75) is 33.2 Å². The minimum Gasteiger partial charge on any atom is -0.481 e. The molecule has 1 amide bonds. The van der Waals surface area contributed by atoms with Crippen molar-refractivity contribution in [1.82, 2.24) is 4.90 Å². The van der Waals surface area contributed by atoms with Crippen LogP contribution in [0.4, 0.5) is 5.69 Å². The predicted octanol–water partition coefficient (Wildman–Crippen LogP) is 3.80. The van der Waals surface area contributed by atoms with Crippen LogP contribution in [0.15, 0.2) is 48.5 Å². The Balaban J connectivity index is 2.06. The first kappa shape index (κ1) is 19.5. The van der Waals surface area contributed by atoms with Gasteiger partial charge in [0.1, 0.15) is 0 Å². The molecule has 2 aromatic rings. The van der Waals surface area contributed by atoms with Crippen LogP contribution in [-0.2, 0) is 17.8 Å². The van der Waals surface area contributed by atoms with Gasteiger partial charge in [0.15, 0.2) is 0 Å². The van der Waals surface area contributed by atoms with E-state index in [9.17, 15) is 9.59 Å². The Labute approximate surface area is 154 Å². The Morgan fingerprint density at radius 2 is 1.85 bits per heavy atom. The number of nitrogens with zero attached hydrogens (tertiary/aromatic N) is 1. The van der Waals surface area contributed by atoms with Gasteiger partial charge in [-0.2, -0.15) is 0 Å². The predicted molar refractivity (Wildman–Crippen MR) is 103 cm³/mol. The van der Waals surface area contributed by atoms with E-state index < -0.39 is 5.97 Å². The normalized spacial score (nSPS) is 10.4. The third-order valence-electron chi connectivity index (χ3n) is 4.32. The first-order valence-electron chi connectivity index (χ1n) is 8.97. The van der Waals surface area contributed by atoms with Crippen LogP contribution in [0.3, 0.4) is 0 Å². The number of carbonyl (C=O) groups is 2. The molecule has 0 aliphatic rings. The zero-order chi connectivity index (χ0) is 18.9. The number of rotatable bonds is 9. The topological polar surface area (TPSA) is 69.6 Å². The lowest BCUT2D eigenvalue weighted by atomic mass is 10.1. The number of para-hydroxylation sites is 1. The molecule has 0 aliphatic heterocycles. The molecule has 138 valence electrons. The molecular weight excluding hydrogens is 328 g/mol. The molecule has 0 aliphatic carbocycles. The number of amides is 1. The van der Waals surface area contributed by atoms with Crippen LogP contribution in [-0.4, -0.2) is 35.0 Å². The van der Waals surface area contributed by atoms with Crippen molar-refractivity contribution >= 4 is 17.6 Å². The molecule has 2 aromatic carbocycles. The Morgan fingerprint density at radius 1 is 1.08 bits per heavy atom. The monoisotopic (exact) mass is 354 g/mol. The highest BCUT2D eigenvalue weighted by atomic mass is 16.4. The highest BCUT2D eigenvalue weighted by Crippen LogP contribution is 2.17. The molecule has 2 N–H and O–H groups in total. The Bertz CT molecular complexity index is 758. The fraction of sp³-hybridized carbons (Fsp3) is 0.333. The van der Waals surface area contributed by atoms with Crippen LogP contribution in [0.25, 0.3) is 0 Å². The SMILES string of the molecule is CCc1ccccc1NCc1cccc(C(=O)N(CC)CCC(=O)O)c1. The summed E-state index contributed by atoms with van der Waals surface area (Å²) in [6.45, 7) is 5.30. The van der Waals surface area contributed by atoms with E-state index >= 15 is 0 Å². The van der Waals surface area contributed by atoms with Crippen LogP contribution >= 0.6 is 0 Å². The molecule has 0 saturated heterocycles. The fourth-order valence-electron chi connectivity index (χ4n) is 2.83. The quantitative estimate of drug-likeness (QED) is 0.719. The molecule has 0 radical (unpaired) electrons.